The first-order chi connectivity index (χ1) is 6.48. The highest BCUT2D eigenvalue weighted by molar-refractivity contribution is 5.45. The average Bonchev–Trinajstić information content (AvgIpc) is 2.45. The van der Waals surface area contributed by atoms with Gasteiger partial charge in [-0.05, 0) is 38.5 Å². The molecule has 0 fully saturated rings. The molecule has 2 heteroatoms. The van der Waals surface area contributed by atoms with Crippen LogP contribution >= 0.6 is 0 Å². The number of hydrogen-bond acceptors (Lipinski definition) is 2. The highest BCUT2D eigenvalue weighted by atomic mass is 15.2. The quantitative estimate of drug-likeness (QED) is 0.634. The number of allylic oxidation sites excluding steroid dienone is 4. The maximum Gasteiger partial charge on any atom is 0.0408 e. The number of hydrogen-bond donors (Lipinski definition) is 1. The highest BCUT2D eigenvalue weighted by Crippen LogP contribution is 2.34. The van der Waals surface area contributed by atoms with Crippen LogP contribution < -0.4 is 5.73 Å². The molecule has 2 N–H and O–H groups in total. The Morgan fingerprint density at radius 2 is 2.00 bits per heavy atom. The molecule has 0 aromatic rings. The summed E-state index contributed by atoms with van der Waals surface area (Å²) in [5.41, 5.74) is 9.71. The molecule has 0 saturated heterocycles. The van der Waals surface area contributed by atoms with Gasteiger partial charge in [-0.2, -0.15) is 0 Å². The average molecular weight is 190 g/mol. The lowest BCUT2D eigenvalue weighted by Crippen LogP contribution is -2.38. The molecule has 0 unspecified atom stereocenters. The smallest absolute Gasteiger partial charge is 0.0408 e. The fourth-order valence-electron chi connectivity index (χ4n) is 2.04. The Balaban J connectivity index is 2.31. The van der Waals surface area contributed by atoms with E-state index >= 15 is 0 Å². The zero-order valence-corrected chi connectivity index (χ0v) is 9.17. The van der Waals surface area contributed by atoms with Gasteiger partial charge in [-0.1, -0.05) is 6.08 Å². The van der Waals surface area contributed by atoms with E-state index in [0.29, 0.717) is 0 Å². The fraction of sp³-hybridized carbons (Fsp3) is 0.500. The lowest BCUT2D eigenvalue weighted by Gasteiger charge is -2.36. The second-order valence-electron chi connectivity index (χ2n) is 4.98. The third-order valence-corrected chi connectivity index (χ3v) is 2.80. The van der Waals surface area contributed by atoms with Gasteiger partial charge in [0.2, 0.25) is 0 Å². The predicted octanol–water partition coefficient (Wildman–Crippen LogP) is 2.16. The minimum absolute atomic E-state index is 0.198. The Labute approximate surface area is 85.8 Å². The van der Waals surface area contributed by atoms with Gasteiger partial charge < -0.3 is 10.6 Å². The molecule has 0 spiro atoms. The molecule has 0 atom stereocenters. The number of nitrogens with zero attached hydrogens (tertiary/aromatic N) is 1. The molecule has 0 radical (unpaired) electrons. The van der Waals surface area contributed by atoms with E-state index in [9.17, 15) is 0 Å². The van der Waals surface area contributed by atoms with Crippen LogP contribution in [0, 0.1) is 0 Å². The Morgan fingerprint density at radius 1 is 1.29 bits per heavy atom. The zero-order valence-electron chi connectivity index (χ0n) is 9.17. The maximum atomic E-state index is 5.80. The van der Waals surface area contributed by atoms with E-state index in [1.54, 1.807) is 0 Å². The summed E-state index contributed by atoms with van der Waals surface area (Å²) in [5.74, 6) is 0. The molecule has 2 nitrogen and oxygen atoms in total. The Kier molecular flexibility index (Phi) is 1.95. The second kappa shape index (κ2) is 2.91. The van der Waals surface area contributed by atoms with Gasteiger partial charge in [0.25, 0.3) is 0 Å². The van der Waals surface area contributed by atoms with Gasteiger partial charge in [-0.3, -0.25) is 0 Å². The molecular formula is C12H18N2. The first-order valence-corrected chi connectivity index (χ1v) is 5.12. The molecule has 1 heterocycles. The normalized spacial score (nSPS) is 21.4. The standard InChI is InChI=1S/C12H18N2/c1-12(2,3)14-7-6-9-8-10(13)4-5-11(9)14/h4-6H,7-8,13H2,1-3H3. The van der Waals surface area contributed by atoms with Crippen molar-refractivity contribution in [2.75, 3.05) is 6.54 Å². The lowest BCUT2D eigenvalue weighted by molar-refractivity contribution is 0.218. The van der Waals surface area contributed by atoms with Crippen LogP contribution in [0.2, 0.25) is 0 Å². The van der Waals surface area contributed by atoms with Crippen LogP contribution in [0.1, 0.15) is 27.2 Å². The van der Waals surface area contributed by atoms with Crippen molar-refractivity contribution in [3.63, 3.8) is 0 Å². The van der Waals surface area contributed by atoms with Crippen molar-refractivity contribution in [3.05, 3.63) is 35.2 Å². The molecule has 14 heavy (non-hydrogen) atoms. The summed E-state index contributed by atoms with van der Waals surface area (Å²) in [6, 6.07) is 0. The molecular weight excluding hydrogens is 172 g/mol. The monoisotopic (exact) mass is 190 g/mol. The van der Waals surface area contributed by atoms with Crippen molar-refractivity contribution in [1.82, 2.24) is 4.90 Å². The van der Waals surface area contributed by atoms with E-state index in [0.717, 1.165) is 18.7 Å². The third-order valence-electron chi connectivity index (χ3n) is 2.80. The molecule has 1 aliphatic heterocycles. The van der Waals surface area contributed by atoms with Gasteiger partial charge in [-0.25, -0.2) is 0 Å². The summed E-state index contributed by atoms with van der Waals surface area (Å²) in [4.78, 5) is 2.42. The number of rotatable bonds is 0. The van der Waals surface area contributed by atoms with E-state index in [2.05, 4.69) is 37.8 Å². The fourth-order valence-corrected chi connectivity index (χ4v) is 2.04. The second-order valence-corrected chi connectivity index (χ2v) is 4.98. The van der Waals surface area contributed by atoms with Gasteiger partial charge in [0.15, 0.2) is 0 Å². The van der Waals surface area contributed by atoms with Crippen LogP contribution in [0.3, 0.4) is 0 Å². The summed E-state index contributed by atoms with van der Waals surface area (Å²) in [5, 5.41) is 0. The molecule has 0 aromatic carbocycles. The van der Waals surface area contributed by atoms with Crippen LogP contribution in [-0.2, 0) is 0 Å². The molecule has 0 aromatic heterocycles. The van der Waals surface area contributed by atoms with E-state index < -0.39 is 0 Å². The van der Waals surface area contributed by atoms with Crippen molar-refractivity contribution in [1.29, 1.82) is 0 Å². The number of nitrogens with two attached hydrogens (primary N) is 1. The third kappa shape index (κ3) is 1.45. The van der Waals surface area contributed by atoms with Crippen molar-refractivity contribution in [2.24, 2.45) is 5.73 Å². The molecule has 1 aliphatic carbocycles. The van der Waals surface area contributed by atoms with Gasteiger partial charge in [0.1, 0.15) is 0 Å². The summed E-state index contributed by atoms with van der Waals surface area (Å²) < 4.78 is 0. The predicted molar refractivity (Wildman–Crippen MR) is 59.5 cm³/mol. The van der Waals surface area contributed by atoms with E-state index in [1.807, 2.05) is 6.08 Å². The molecule has 0 amide bonds. The summed E-state index contributed by atoms with van der Waals surface area (Å²) in [6.07, 6.45) is 7.37. The van der Waals surface area contributed by atoms with Gasteiger partial charge in [0, 0.05) is 29.9 Å². The largest absolute Gasteiger partial charge is 0.402 e. The van der Waals surface area contributed by atoms with Crippen LogP contribution in [0.15, 0.2) is 35.2 Å². The lowest BCUT2D eigenvalue weighted by atomic mass is 10.00. The van der Waals surface area contributed by atoms with Crippen molar-refractivity contribution >= 4 is 0 Å². The Morgan fingerprint density at radius 3 is 2.64 bits per heavy atom. The minimum Gasteiger partial charge on any atom is -0.402 e. The van der Waals surface area contributed by atoms with Crippen LogP contribution in [-0.4, -0.2) is 17.0 Å². The van der Waals surface area contributed by atoms with Crippen LogP contribution in [0.25, 0.3) is 0 Å². The molecule has 2 aliphatic rings. The van der Waals surface area contributed by atoms with Gasteiger partial charge >= 0.3 is 0 Å². The SMILES string of the molecule is CC(C)(C)N1CC=C2CC(N)=CC=C21. The summed E-state index contributed by atoms with van der Waals surface area (Å²) in [6.45, 7) is 7.75. The van der Waals surface area contributed by atoms with Crippen molar-refractivity contribution in [3.8, 4) is 0 Å². The summed E-state index contributed by atoms with van der Waals surface area (Å²) in [7, 11) is 0. The zero-order chi connectivity index (χ0) is 10.3. The first-order valence-electron chi connectivity index (χ1n) is 5.12. The molecule has 0 bridgehead atoms. The van der Waals surface area contributed by atoms with E-state index in [1.165, 1.54) is 11.3 Å². The molecule has 76 valence electrons. The van der Waals surface area contributed by atoms with E-state index in [-0.39, 0.29) is 5.54 Å². The van der Waals surface area contributed by atoms with E-state index in [4.69, 9.17) is 5.73 Å². The summed E-state index contributed by atoms with van der Waals surface area (Å²) >= 11 is 0. The Hall–Kier alpha value is -1.18. The minimum atomic E-state index is 0.198. The van der Waals surface area contributed by atoms with Gasteiger partial charge in [-0.15, -0.1) is 0 Å². The molecule has 0 saturated carbocycles. The topological polar surface area (TPSA) is 29.3 Å². The number of fused-ring (bicyclic) bond motifs is 1. The van der Waals surface area contributed by atoms with Crippen molar-refractivity contribution in [2.45, 2.75) is 32.7 Å². The Bertz CT molecular complexity index is 340. The molecule has 2 rings (SSSR count). The first kappa shape index (κ1) is 9.38. The van der Waals surface area contributed by atoms with Gasteiger partial charge in [0.05, 0.1) is 0 Å². The van der Waals surface area contributed by atoms with Crippen LogP contribution in [0.5, 0.6) is 0 Å². The maximum absolute atomic E-state index is 5.80. The van der Waals surface area contributed by atoms with Crippen LogP contribution in [0.4, 0.5) is 0 Å². The van der Waals surface area contributed by atoms with Crippen molar-refractivity contribution < 1.29 is 0 Å². The highest BCUT2D eigenvalue weighted by Gasteiger charge is 2.29.